The van der Waals surface area contributed by atoms with Gasteiger partial charge >= 0.3 is 68.8 Å². The van der Waals surface area contributed by atoms with Crippen molar-refractivity contribution in [1.82, 2.24) is 0 Å². The van der Waals surface area contributed by atoms with Crippen LogP contribution in [0.15, 0.2) is 0 Å². The van der Waals surface area contributed by atoms with Crippen LogP contribution in [0.25, 0.3) is 0 Å². The van der Waals surface area contributed by atoms with Crippen molar-refractivity contribution in [3.05, 3.63) is 0 Å². The maximum absolute atomic E-state index is 5.85. The van der Waals surface area contributed by atoms with E-state index < -0.39 is 16.5 Å². The van der Waals surface area contributed by atoms with Crippen LogP contribution in [0.2, 0.25) is 4.44 Å². The molecule has 0 radical (unpaired) electrons. The van der Waals surface area contributed by atoms with Crippen molar-refractivity contribution in [3.63, 3.8) is 0 Å². The van der Waals surface area contributed by atoms with Gasteiger partial charge in [-0.3, -0.25) is 0 Å². The molecule has 0 saturated heterocycles. The molecule has 4 heteroatoms. The first-order chi connectivity index (χ1) is 4.12. The summed E-state index contributed by atoms with van der Waals surface area (Å²) in [6.45, 7) is 2.12. The summed E-state index contributed by atoms with van der Waals surface area (Å²) < 4.78 is 5.89. The predicted molar refractivity (Wildman–Crippen MR) is 44.2 cm³/mol. The summed E-state index contributed by atoms with van der Waals surface area (Å²) in [6, 6.07) is 0. The van der Waals surface area contributed by atoms with Crippen molar-refractivity contribution < 1.29 is 3.07 Å². The van der Waals surface area contributed by atoms with E-state index in [-0.39, 0.29) is 0 Å². The Morgan fingerprint density at radius 3 is 2.33 bits per heavy atom. The summed E-state index contributed by atoms with van der Waals surface area (Å²) in [7, 11) is 13.3. The number of hydrogen-bond donors (Lipinski definition) is 0. The van der Waals surface area contributed by atoms with Crippen molar-refractivity contribution in [3.8, 4) is 0 Å². The second-order valence-electron chi connectivity index (χ2n) is 1.95. The van der Waals surface area contributed by atoms with Crippen LogP contribution in [0.1, 0.15) is 19.8 Å². The zero-order chi connectivity index (χ0) is 7.33. The van der Waals surface area contributed by atoms with E-state index in [9.17, 15) is 0 Å². The number of halogens is 2. The van der Waals surface area contributed by atoms with Crippen molar-refractivity contribution in [1.29, 1.82) is 0 Å². The first-order valence-electron chi connectivity index (χ1n) is 3.05. The van der Waals surface area contributed by atoms with Crippen LogP contribution >= 0.6 is 17.8 Å². The first-order valence-corrected chi connectivity index (χ1v) is 13.5. The average molecular weight is 278 g/mol. The topological polar surface area (TPSA) is 9.23 Å². The molecule has 9 heavy (non-hydrogen) atoms. The van der Waals surface area contributed by atoms with Gasteiger partial charge in [-0.1, -0.05) is 0 Å². The Kier molecular flexibility index (Phi) is 5.80. The first kappa shape index (κ1) is 10.3. The Balaban J connectivity index is 3.33. The molecular weight excluding hydrogens is 266 g/mol. The summed E-state index contributed by atoms with van der Waals surface area (Å²) in [6.07, 6.45) is 2.23. The van der Waals surface area contributed by atoms with Gasteiger partial charge in [-0.05, 0) is 0 Å². The van der Waals surface area contributed by atoms with Crippen molar-refractivity contribution in [2.45, 2.75) is 24.2 Å². The summed E-state index contributed by atoms with van der Waals surface area (Å²) in [5.41, 5.74) is 0. The molecule has 0 aliphatic rings. The summed E-state index contributed by atoms with van der Waals surface area (Å²) in [5, 5.41) is 0. The Bertz CT molecular complexity index is 77.4. The standard InChI is InChI=1S/C4H9.CH3O.2ClH.Sn/c1-3-4-2;1-2;;;/h1,3-4H2,2H3;1H3;2*1H;/q;-1;;;+3/p-2. The summed E-state index contributed by atoms with van der Waals surface area (Å²) >= 11 is -2.92. The van der Waals surface area contributed by atoms with Gasteiger partial charge in [0.2, 0.25) is 0 Å². The van der Waals surface area contributed by atoms with Gasteiger partial charge in [-0.25, -0.2) is 0 Å². The molecule has 0 amide bonds. The van der Waals surface area contributed by atoms with E-state index in [0.717, 1.165) is 17.3 Å². The molecule has 56 valence electrons. The summed E-state index contributed by atoms with van der Waals surface area (Å²) in [4.78, 5) is 0. The van der Waals surface area contributed by atoms with Crippen molar-refractivity contribution >= 4 is 34.4 Å². The maximum atomic E-state index is 5.85. The Labute approximate surface area is 68.5 Å². The SMILES string of the molecule is CCC[CH2][Sn]([Cl])([Cl])[O]C. The van der Waals surface area contributed by atoms with E-state index >= 15 is 0 Å². The Morgan fingerprint density at radius 1 is 1.44 bits per heavy atom. The minimum atomic E-state index is -2.92. The Morgan fingerprint density at radius 2 is 2.00 bits per heavy atom. The third kappa shape index (κ3) is 5.77. The molecule has 0 aliphatic heterocycles. The molecule has 1 nitrogen and oxygen atoms in total. The van der Waals surface area contributed by atoms with Crippen LogP contribution in [0.5, 0.6) is 0 Å². The van der Waals surface area contributed by atoms with Crippen LogP contribution in [0, 0.1) is 0 Å². The number of rotatable bonds is 4. The van der Waals surface area contributed by atoms with Gasteiger partial charge in [-0.2, -0.15) is 0 Å². The third-order valence-electron chi connectivity index (χ3n) is 1.12. The molecule has 0 heterocycles. The monoisotopic (exact) mass is 278 g/mol. The quantitative estimate of drug-likeness (QED) is 0.718. The van der Waals surface area contributed by atoms with E-state index in [1.807, 2.05) is 0 Å². The van der Waals surface area contributed by atoms with Crippen LogP contribution < -0.4 is 0 Å². The van der Waals surface area contributed by atoms with E-state index in [2.05, 4.69) is 6.92 Å². The fourth-order valence-corrected chi connectivity index (χ4v) is 5.04. The zero-order valence-corrected chi connectivity index (χ0v) is 10.2. The summed E-state index contributed by atoms with van der Waals surface area (Å²) in [5.74, 6) is 0. The van der Waals surface area contributed by atoms with Crippen molar-refractivity contribution in [2.24, 2.45) is 0 Å². The molecule has 0 N–H and O–H groups in total. The van der Waals surface area contributed by atoms with E-state index in [1.165, 1.54) is 0 Å². The molecule has 0 aliphatic carbocycles. The molecule has 0 bridgehead atoms. The van der Waals surface area contributed by atoms with E-state index in [1.54, 1.807) is 7.11 Å². The van der Waals surface area contributed by atoms with Crippen LogP contribution in [-0.2, 0) is 3.07 Å². The van der Waals surface area contributed by atoms with Gasteiger partial charge in [0.15, 0.2) is 0 Å². The molecule has 0 saturated carbocycles. The molecule has 0 aromatic carbocycles. The molecule has 0 rings (SSSR count). The fourth-order valence-electron chi connectivity index (χ4n) is 0.485. The second kappa shape index (κ2) is 5.05. The molecule has 0 aromatic rings. The van der Waals surface area contributed by atoms with Gasteiger partial charge in [0.25, 0.3) is 0 Å². The molecular formula is C5H12Cl2OSn. The minimum absolute atomic E-state index is 0.908. The molecule has 0 unspecified atom stereocenters. The number of unbranched alkanes of at least 4 members (excludes halogenated alkanes) is 1. The molecule has 0 spiro atoms. The molecule has 0 atom stereocenters. The van der Waals surface area contributed by atoms with Crippen LogP contribution in [-0.4, -0.2) is 23.6 Å². The predicted octanol–water partition coefficient (Wildman–Crippen LogP) is 2.85. The van der Waals surface area contributed by atoms with E-state index in [0.29, 0.717) is 0 Å². The second-order valence-corrected chi connectivity index (χ2v) is 17.7. The third-order valence-corrected chi connectivity index (χ3v) is 10.1. The average Bonchev–Trinajstić information content (AvgIpc) is 1.84. The van der Waals surface area contributed by atoms with Gasteiger partial charge in [0, 0.05) is 0 Å². The van der Waals surface area contributed by atoms with Gasteiger partial charge in [0.05, 0.1) is 0 Å². The Hall–Kier alpha value is 1.34. The normalized spacial score (nSPS) is 12.0. The van der Waals surface area contributed by atoms with Gasteiger partial charge in [0.1, 0.15) is 0 Å². The molecule has 0 fully saturated rings. The molecule has 0 aromatic heterocycles. The van der Waals surface area contributed by atoms with Crippen LogP contribution in [0.4, 0.5) is 0 Å². The van der Waals surface area contributed by atoms with Gasteiger partial charge in [-0.15, -0.1) is 0 Å². The van der Waals surface area contributed by atoms with Crippen molar-refractivity contribution in [2.75, 3.05) is 7.11 Å². The fraction of sp³-hybridized carbons (Fsp3) is 1.00. The van der Waals surface area contributed by atoms with Crippen LogP contribution in [0.3, 0.4) is 0 Å². The van der Waals surface area contributed by atoms with Gasteiger partial charge < -0.3 is 0 Å². The zero-order valence-electron chi connectivity index (χ0n) is 5.79. The number of hydrogen-bond acceptors (Lipinski definition) is 1. The van der Waals surface area contributed by atoms with E-state index in [4.69, 9.17) is 20.9 Å².